The summed E-state index contributed by atoms with van der Waals surface area (Å²) in [5.41, 5.74) is 3.20. The topological polar surface area (TPSA) is 243 Å². The number of hydrogen-bond donors (Lipinski definition) is 7. The fourth-order valence-corrected chi connectivity index (χ4v) is 10.4. The lowest BCUT2D eigenvalue weighted by Gasteiger charge is -2.46. The summed E-state index contributed by atoms with van der Waals surface area (Å²) >= 11 is 0. The van der Waals surface area contributed by atoms with E-state index < -0.39 is 96.5 Å². The number of methoxy groups -OCH3 is 1. The van der Waals surface area contributed by atoms with Crippen molar-refractivity contribution >= 4 is 17.8 Å². The molecule has 3 fully saturated rings. The number of nitrogens with one attached hydrogen (secondary N) is 1. The average molecular weight is 1010 g/mol. The second-order valence-electron chi connectivity index (χ2n) is 21.3. The number of nitrogens with two attached hydrogens (primary N) is 1. The van der Waals surface area contributed by atoms with Gasteiger partial charge < -0.3 is 70.1 Å². The molecule has 3 aliphatic rings. The van der Waals surface area contributed by atoms with Gasteiger partial charge in [0.25, 0.3) is 0 Å². The summed E-state index contributed by atoms with van der Waals surface area (Å²) < 4.78 is 42.7. The van der Waals surface area contributed by atoms with E-state index in [9.17, 15) is 44.3 Å². The van der Waals surface area contributed by atoms with Crippen LogP contribution in [0.4, 0.5) is 4.39 Å². The molecule has 17 atom stereocenters. The molecular formula is C53H91FN4O13. The van der Waals surface area contributed by atoms with Crippen molar-refractivity contribution in [2.75, 3.05) is 41.0 Å². The summed E-state index contributed by atoms with van der Waals surface area (Å²) in [6.07, 6.45) is 5.69. The molecule has 0 aromatic heterocycles. The lowest BCUT2D eigenvalue weighted by atomic mass is 9.80. The Bertz CT molecular complexity index is 1780. The summed E-state index contributed by atoms with van der Waals surface area (Å²) in [5.74, 6) is -2.16. The first-order chi connectivity index (χ1) is 33.1. The quantitative estimate of drug-likeness (QED) is 0.104. The van der Waals surface area contributed by atoms with Gasteiger partial charge in [-0.15, -0.1) is 12.8 Å². The number of primary amides is 1. The van der Waals surface area contributed by atoms with Crippen molar-refractivity contribution in [3.63, 3.8) is 0 Å². The standard InChI is InChI=1S/C30H57NO9.C21H32FN3O4.C2H2/c1-12-22-30(9,36)25(32)20(5)31(10)16-17(2)13-28(7,35)14-18(3)24(19(4)27(34)39-22)40-23-15-29(8,37-11)26(33)21(6)38-23;1-14-9-18(12-21(28)29-14)25(2)8-7-20(27)24-17(13-22)10-15-3-5-16(6-4-15)11-19(23)26;1-2/h17-26,32-33,35-36H,12-16H2,1-11H3;3-6,14,17-18,21,28H,7-13H2,1-2H3,(H2,23,26)(H,24,27);1-2H/t17-,18-,19-,20-,21+,22-,23+,24+,25-,26+,28-,29-,30-;14-,17+,18+,21-;/m11./s1. The second kappa shape index (κ2) is 28.9. The number of halogens is 1. The minimum absolute atomic E-state index is 0.0229. The van der Waals surface area contributed by atoms with Gasteiger partial charge in [-0.25, -0.2) is 4.39 Å². The van der Waals surface area contributed by atoms with E-state index >= 15 is 0 Å². The number of hydrogen-bond acceptors (Lipinski definition) is 15. The van der Waals surface area contributed by atoms with Gasteiger partial charge in [0.05, 0.1) is 47.9 Å². The van der Waals surface area contributed by atoms with E-state index in [1.54, 1.807) is 46.8 Å². The molecule has 3 saturated heterocycles. The monoisotopic (exact) mass is 1010 g/mol. The number of rotatable bonds is 14. The maximum Gasteiger partial charge on any atom is 0.311 e. The van der Waals surface area contributed by atoms with E-state index in [0.29, 0.717) is 45.2 Å². The van der Waals surface area contributed by atoms with Gasteiger partial charge in [-0.05, 0) is 118 Å². The number of aliphatic hydroxyl groups is 5. The van der Waals surface area contributed by atoms with E-state index in [0.717, 1.165) is 17.5 Å². The largest absolute Gasteiger partial charge is 0.459 e. The van der Waals surface area contributed by atoms with E-state index in [-0.39, 0.29) is 49.2 Å². The Balaban J connectivity index is 0.000000492. The first-order valence-electron chi connectivity index (χ1n) is 25.2. The zero-order valence-corrected chi connectivity index (χ0v) is 44.9. The molecule has 2 amide bonds. The van der Waals surface area contributed by atoms with Crippen LogP contribution in [0, 0.1) is 30.6 Å². The molecule has 0 radical (unpaired) electrons. The summed E-state index contributed by atoms with van der Waals surface area (Å²) in [5, 5.41) is 57.2. The number of ether oxygens (including phenoxy) is 5. The van der Waals surface area contributed by atoms with Crippen LogP contribution in [0.25, 0.3) is 0 Å². The van der Waals surface area contributed by atoms with Crippen LogP contribution in [0.15, 0.2) is 24.3 Å². The highest BCUT2D eigenvalue weighted by Crippen LogP contribution is 2.37. The summed E-state index contributed by atoms with van der Waals surface area (Å²) in [6.45, 7) is 18.6. The van der Waals surface area contributed by atoms with Crippen molar-refractivity contribution in [3.05, 3.63) is 35.4 Å². The van der Waals surface area contributed by atoms with Crippen LogP contribution in [0.3, 0.4) is 0 Å². The van der Waals surface area contributed by atoms with Gasteiger partial charge in [0.2, 0.25) is 11.8 Å². The fraction of sp³-hybridized carbons (Fsp3) is 0.792. The van der Waals surface area contributed by atoms with Gasteiger partial charge in [-0.1, -0.05) is 45.0 Å². The van der Waals surface area contributed by atoms with Gasteiger partial charge in [-0.3, -0.25) is 14.4 Å². The van der Waals surface area contributed by atoms with Crippen molar-refractivity contribution in [1.29, 1.82) is 0 Å². The van der Waals surface area contributed by atoms with Crippen molar-refractivity contribution < 1.29 is 68.0 Å². The molecule has 0 unspecified atom stereocenters. The number of carbonyl (C=O) groups is 3. The van der Waals surface area contributed by atoms with Gasteiger partial charge in [-0.2, -0.15) is 0 Å². The number of cyclic esters (lactones) is 1. The highest BCUT2D eigenvalue weighted by atomic mass is 19.1. The third-order valence-electron chi connectivity index (χ3n) is 14.6. The Labute approximate surface area is 423 Å². The summed E-state index contributed by atoms with van der Waals surface area (Å²) in [6, 6.07) is 6.34. The number of alkyl halides is 1. The van der Waals surface area contributed by atoms with Crippen LogP contribution in [-0.4, -0.2) is 178 Å². The number of esters is 1. The predicted molar refractivity (Wildman–Crippen MR) is 269 cm³/mol. The molecule has 0 aliphatic carbocycles. The first kappa shape index (κ1) is 63.8. The van der Waals surface area contributed by atoms with Crippen LogP contribution in [0.5, 0.6) is 0 Å². The van der Waals surface area contributed by atoms with Crippen LogP contribution < -0.4 is 11.1 Å². The number of benzene rings is 1. The normalized spacial score (nSPS) is 37.1. The number of nitrogens with zero attached hydrogens (tertiary/aromatic N) is 2. The van der Waals surface area contributed by atoms with E-state index in [4.69, 9.17) is 29.4 Å². The van der Waals surface area contributed by atoms with Gasteiger partial charge in [0, 0.05) is 51.5 Å². The number of amides is 2. The summed E-state index contributed by atoms with van der Waals surface area (Å²) in [7, 11) is 5.33. The molecule has 71 heavy (non-hydrogen) atoms. The lowest BCUT2D eigenvalue weighted by molar-refractivity contribution is -0.296. The van der Waals surface area contributed by atoms with Gasteiger partial charge >= 0.3 is 5.97 Å². The van der Waals surface area contributed by atoms with Crippen molar-refractivity contribution in [2.24, 2.45) is 23.5 Å². The van der Waals surface area contributed by atoms with Crippen LogP contribution in [0.2, 0.25) is 0 Å². The average Bonchev–Trinajstić information content (AvgIpc) is 3.29. The third-order valence-corrected chi connectivity index (χ3v) is 14.6. The molecule has 408 valence electrons. The number of carbonyl (C=O) groups excluding carboxylic acids is 3. The predicted octanol–water partition coefficient (Wildman–Crippen LogP) is 3.65. The minimum Gasteiger partial charge on any atom is -0.459 e. The first-order valence-corrected chi connectivity index (χ1v) is 25.2. The van der Waals surface area contributed by atoms with Gasteiger partial charge in [0.15, 0.2) is 12.6 Å². The zero-order chi connectivity index (χ0) is 54.2. The molecule has 1 aromatic carbocycles. The highest BCUT2D eigenvalue weighted by molar-refractivity contribution is 5.77. The molecule has 1 aromatic rings. The van der Waals surface area contributed by atoms with Gasteiger partial charge in [0.1, 0.15) is 30.6 Å². The maximum atomic E-state index is 13.6. The van der Waals surface area contributed by atoms with Crippen LogP contribution in [-0.2, 0) is 50.9 Å². The van der Waals surface area contributed by atoms with E-state index in [1.165, 1.54) is 14.0 Å². The molecule has 3 heterocycles. The molecule has 0 bridgehead atoms. The SMILES string of the molecule is C#C.CC[C@H]1OC(=O)[C@H](C)[C@@H](O[C@H]2C[C@@](C)(OC)[C@@H](O)[C@H](C)O2)[C@H](C)C[C@](C)(O)C[C@@H](C)CN(C)[C@H](C)[C@@H](O)[C@]1(C)O.C[C@@H]1C[C@H](N(C)CCC(=O)N[C@H](CF)Cc2ccc(CC(N)=O)cc2)C[C@H](O)O1. The number of likely N-dealkylation sites (N-methyl/N-ethyl adjacent to an activating group) is 1. The number of aliphatic hydroxyl groups excluding tert-OH is 3. The number of terminal acetylenes is 1. The molecule has 18 heteroatoms. The van der Waals surface area contributed by atoms with E-state index in [1.807, 2.05) is 56.8 Å². The Kier molecular flexibility index (Phi) is 26.0. The lowest BCUT2D eigenvalue weighted by Crippen LogP contribution is -2.59. The Morgan fingerprint density at radius 2 is 1.58 bits per heavy atom. The molecular weight excluding hydrogens is 920 g/mol. The minimum atomic E-state index is -1.70. The van der Waals surface area contributed by atoms with E-state index in [2.05, 4.69) is 25.1 Å². The highest BCUT2D eigenvalue weighted by Gasteiger charge is 2.49. The molecule has 8 N–H and O–H groups in total. The molecule has 0 spiro atoms. The third kappa shape index (κ3) is 19.5. The maximum absolute atomic E-state index is 13.6. The zero-order valence-electron chi connectivity index (χ0n) is 44.9. The molecule has 17 nitrogen and oxygen atoms in total. The Morgan fingerprint density at radius 1 is 0.972 bits per heavy atom. The molecule has 4 rings (SSSR count). The van der Waals surface area contributed by atoms with Crippen molar-refractivity contribution in [1.82, 2.24) is 15.1 Å². The van der Waals surface area contributed by atoms with Crippen LogP contribution in [0.1, 0.15) is 125 Å². The Morgan fingerprint density at radius 3 is 2.13 bits per heavy atom. The molecule has 3 aliphatic heterocycles. The second-order valence-corrected chi connectivity index (χ2v) is 21.3. The smallest absolute Gasteiger partial charge is 0.311 e. The Hall–Kier alpha value is -3.32. The fourth-order valence-electron chi connectivity index (χ4n) is 10.4. The van der Waals surface area contributed by atoms with Crippen LogP contribution >= 0.6 is 0 Å². The summed E-state index contributed by atoms with van der Waals surface area (Å²) in [4.78, 5) is 40.8. The van der Waals surface area contributed by atoms with Crippen molar-refractivity contribution in [2.45, 2.75) is 211 Å². The molecule has 0 saturated carbocycles. The van der Waals surface area contributed by atoms with Crippen molar-refractivity contribution in [3.8, 4) is 12.8 Å².